The molecule has 0 radical (unpaired) electrons. The van der Waals surface area contributed by atoms with E-state index >= 15 is 0 Å². The highest BCUT2D eigenvalue weighted by Crippen LogP contribution is 2.31. The standard InChI is InChI=1S/C14H10N4O2S/c1-6-12(14(19)20)21-13(17-6)10-4-7-2-9(16)3-8(5-15)11(7)18-10/h2-4,18H,16H2,1H3,(H,19,20). The zero-order valence-electron chi connectivity index (χ0n) is 11.0. The molecular weight excluding hydrogens is 288 g/mol. The first-order valence-corrected chi connectivity index (χ1v) is 6.84. The summed E-state index contributed by atoms with van der Waals surface area (Å²) < 4.78 is 0. The number of benzene rings is 1. The fourth-order valence-corrected chi connectivity index (χ4v) is 3.06. The Bertz CT molecular complexity index is 917. The number of nitrogens with zero attached hydrogens (tertiary/aromatic N) is 2. The van der Waals surface area contributed by atoms with Crippen LogP contribution in [0.3, 0.4) is 0 Å². The number of H-pyrrole nitrogens is 1. The predicted octanol–water partition coefficient (Wildman–Crippen LogP) is 2.75. The van der Waals surface area contributed by atoms with E-state index in [1.54, 1.807) is 19.1 Å². The molecule has 0 aliphatic rings. The van der Waals surface area contributed by atoms with Crippen LogP contribution in [0.1, 0.15) is 20.9 Å². The lowest BCUT2D eigenvalue weighted by Crippen LogP contribution is -1.94. The van der Waals surface area contributed by atoms with Crippen molar-refractivity contribution in [3.8, 4) is 16.8 Å². The van der Waals surface area contributed by atoms with Crippen molar-refractivity contribution < 1.29 is 9.90 Å². The Labute approximate surface area is 123 Å². The number of carbonyl (C=O) groups is 1. The van der Waals surface area contributed by atoms with E-state index < -0.39 is 5.97 Å². The number of aromatic nitrogens is 2. The summed E-state index contributed by atoms with van der Waals surface area (Å²) in [6.07, 6.45) is 0. The van der Waals surface area contributed by atoms with Crippen LogP contribution in [0.4, 0.5) is 5.69 Å². The molecule has 0 unspecified atom stereocenters. The van der Waals surface area contributed by atoms with E-state index in [4.69, 9.17) is 16.1 Å². The lowest BCUT2D eigenvalue weighted by molar-refractivity contribution is 0.0701. The minimum atomic E-state index is -0.991. The highest BCUT2D eigenvalue weighted by molar-refractivity contribution is 7.17. The van der Waals surface area contributed by atoms with Crippen LogP contribution in [0.25, 0.3) is 21.6 Å². The van der Waals surface area contributed by atoms with Crippen LogP contribution in [0, 0.1) is 18.3 Å². The maximum atomic E-state index is 11.1. The number of nitriles is 1. The largest absolute Gasteiger partial charge is 0.477 e. The number of carboxylic acid groups (broad SMARTS) is 1. The third-order valence-electron chi connectivity index (χ3n) is 3.09. The van der Waals surface area contributed by atoms with Gasteiger partial charge < -0.3 is 15.8 Å². The van der Waals surface area contributed by atoms with Gasteiger partial charge in [0.2, 0.25) is 0 Å². The number of hydrogen-bond donors (Lipinski definition) is 3. The first kappa shape index (κ1) is 13.1. The second-order valence-electron chi connectivity index (χ2n) is 4.57. The number of hydrogen-bond acceptors (Lipinski definition) is 5. The van der Waals surface area contributed by atoms with Gasteiger partial charge in [-0.1, -0.05) is 0 Å². The lowest BCUT2D eigenvalue weighted by atomic mass is 10.1. The van der Waals surface area contributed by atoms with Gasteiger partial charge in [0.15, 0.2) is 0 Å². The Balaban J connectivity index is 2.20. The summed E-state index contributed by atoms with van der Waals surface area (Å²) >= 11 is 1.10. The van der Waals surface area contributed by atoms with Gasteiger partial charge in [-0.2, -0.15) is 5.26 Å². The van der Waals surface area contributed by atoms with Crippen LogP contribution in [0.2, 0.25) is 0 Å². The molecule has 0 saturated carbocycles. The molecular formula is C14H10N4O2S. The third kappa shape index (κ3) is 2.11. The second kappa shape index (κ2) is 4.61. The molecule has 2 aromatic heterocycles. The number of nitrogens with one attached hydrogen (secondary N) is 1. The normalized spacial score (nSPS) is 10.7. The van der Waals surface area contributed by atoms with Gasteiger partial charge in [-0.3, -0.25) is 0 Å². The molecule has 3 rings (SSSR count). The molecule has 0 aliphatic carbocycles. The molecule has 1 aromatic carbocycles. The van der Waals surface area contributed by atoms with Crippen molar-refractivity contribution in [1.29, 1.82) is 5.26 Å². The van der Waals surface area contributed by atoms with E-state index in [1.807, 2.05) is 6.07 Å². The highest BCUT2D eigenvalue weighted by atomic mass is 32.1. The van der Waals surface area contributed by atoms with Crippen molar-refractivity contribution in [2.45, 2.75) is 6.92 Å². The first-order valence-electron chi connectivity index (χ1n) is 6.03. The van der Waals surface area contributed by atoms with Crippen LogP contribution < -0.4 is 5.73 Å². The Morgan fingerprint density at radius 3 is 2.86 bits per heavy atom. The number of carboxylic acids is 1. The van der Waals surface area contributed by atoms with Crippen LogP contribution in [-0.4, -0.2) is 21.0 Å². The molecule has 7 heteroatoms. The van der Waals surface area contributed by atoms with Gasteiger partial charge in [-0.05, 0) is 25.1 Å². The summed E-state index contributed by atoms with van der Waals surface area (Å²) in [6.45, 7) is 1.66. The minimum Gasteiger partial charge on any atom is -0.477 e. The minimum absolute atomic E-state index is 0.212. The molecule has 0 atom stereocenters. The molecule has 104 valence electrons. The SMILES string of the molecule is Cc1nc(-c2cc3cc(N)cc(C#N)c3[nH]2)sc1C(=O)O. The van der Waals surface area contributed by atoms with Gasteiger partial charge in [0.1, 0.15) is 16.0 Å². The fourth-order valence-electron chi connectivity index (χ4n) is 2.18. The maximum Gasteiger partial charge on any atom is 0.347 e. The molecule has 0 bridgehead atoms. The van der Waals surface area contributed by atoms with Crippen molar-refractivity contribution >= 4 is 33.9 Å². The number of anilines is 1. The number of aromatic amines is 1. The zero-order valence-corrected chi connectivity index (χ0v) is 11.8. The Morgan fingerprint density at radius 2 is 2.24 bits per heavy atom. The summed E-state index contributed by atoms with van der Waals surface area (Å²) in [4.78, 5) is 18.7. The van der Waals surface area contributed by atoms with Gasteiger partial charge >= 0.3 is 5.97 Å². The molecule has 3 aromatic rings. The van der Waals surface area contributed by atoms with Gasteiger partial charge in [0.25, 0.3) is 0 Å². The first-order chi connectivity index (χ1) is 9.99. The molecule has 0 aliphatic heterocycles. The molecule has 21 heavy (non-hydrogen) atoms. The zero-order chi connectivity index (χ0) is 15.1. The lowest BCUT2D eigenvalue weighted by Gasteiger charge is -1.95. The van der Waals surface area contributed by atoms with Gasteiger partial charge in [0, 0.05) is 11.1 Å². The molecule has 0 fully saturated rings. The van der Waals surface area contributed by atoms with E-state index in [1.165, 1.54) is 0 Å². The molecule has 2 heterocycles. The van der Waals surface area contributed by atoms with Crippen molar-refractivity contribution in [2.24, 2.45) is 0 Å². The van der Waals surface area contributed by atoms with Gasteiger partial charge in [-0.25, -0.2) is 9.78 Å². The quantitative estimate of drug-likeness (QED) is 0.629. The van der Waals surface area contributed by atoms with Crippen molar-refractivity contribution in [1.82, 2.24) is 9.97 Å². The summed E-state index contributed by atoms with van der Waals surface area (Å²) in [5.41, 5.74) is 8.53. The van der Waals surface area contributed by atoms with E-state index in [-0.39, 0.29) is 4.88 Å². The van der Waals surface area contributed by atoms with Gasteiger partial charge in [0.05, 0.1) is 22.5 Å². The topological polar surface area (TPSA) is 116 Å². The summed E-state index contributed by atoms with van der Waals surface area (Å²) in [5, 5.41) is 19.6. The van der Waals surface area contributed by atoms with Crippen molar-refractivity contribution in [2.75, 3.05) is 5.73 Å². The van der Waals surface area contributed by atoms with Gasteiger partial charge in [-0.15, -0.1) is 11.3 Å². The highest BCUT2D eigenvalue weighted by Gasteiger charge is 2.17. The molecule has 4 N–H and O–H groups in total. The van der Waals surface area contributed by atoms with E-state index in [0.717, 1.165) is 16.7 Å². The number of fused-ring (bicyclic) bond motifs is 1. The number of nitrogen functional groups attached to an aromatic ring is 1. The Morgan fingerprint density at radius 1 is 1.48 bits per heavy atom. The Kier molecular flexibility index (Phi) is 2.89. The maximum absolute atomic E-state index is 11.1. The van der Waals surface area contributed by atoms with E-state index in [9.17, 15) is 4.79 Å². The second-order valence-corrected chi connectivity index (χ2v) is 5.57. The average Bonchev–Trinajstić information content (AvgIpc) is 3.00. The summed E-state index contributed by atoms with van der Waals surface area (Å²) in [5.74, 6) is -0.991. The summed E-state index contributed by atoms with van der Waals surface area (Å²) in [7, 11) is 0. The summed E-state index contributed by atoms with van der Waals surface area (Å²) in [6, 6.07) is 7.26. The van der Waals surface area contributed by atoms with Crippen molar-refractivity contribution in [3.05, 3.63) is 34.3 Å². The van der Waals surface area contributed by atoms with E-state index in [0.29, 0.717) is 33.2 Å². The Hall–Kier alpha value is -2.85. The number of thiazole rings is 1. The third-order valence-corrected chi connectivity index (χ3v) is 4.27. The molecule has 0 spiro atoms. The fraction of sp³-hybridized carbons (Fsp3) is 0.0714. The number of rotatable bonds is 2. The van der Waals surface area contributed by atoms with Crippen LogP contribution >= 0.6 is 11.3 Å². The van der Waals surface area contributed by atoms with Crippen molar-refractivity contribution in [3.63, 3.8) is 0 Å². The number of aromatic carboxylic acids is 1. The van der Waals surface area contributed by atoms with E-state index in [2.05, 4.69) is 16.0 Å². The van der Waals surface area contributed by atoms with Crippen LogP contribution in [0.5, 0.6) is 0 Å². The molecule has 0 saturated heterocycles. The molecule has 6 nitrogen and oxygen atoms in total. The average molecular weight is 298 g/mol. The predicted molar refractivity (Wildman–Crippen MR) is 80.2 cm³/mol. The number of nitrogens with two attached hydrogens (primary N) is 1. The van der Waals surface area contributed by atoms with Crippen LogP contribution in [0.15, 0.2) is 18.2 Å². The van der Waals surface area contributed by atoms with Crippen LogP contribution in [-0.2, 0) is 0 Å². The monoisotopic (exact) mass is 298 g/mol. The molecule has 0 amide bonds. The smallest absolute Gasteiger partial charge is 0.347 e. The number of aryl methyl sites for hydroxylation is 1.